The number of nitrogens with two attached hydrogens (primary N) is 1. The average Bonchev–Trinajstić information content (AvgIpc) is 3.23. The highest BCUT2D eigenvalue weighted by atomic mass is 31.2. The minimum absolute atomic E-state index is 0.0965. The van der Waals surface area contributed by atoms with Gasteiger partial charge in [0, 0.05) is 19.6 Å². The molecule has 0 fully saturated rings. The predicted molar refractivity (Wildman–Crippen MR) is 252 cm³/mol. The Hall–Kier alpha value is -1.28. The van der Waals surface area contributed by atoms with Crippen molar-refractivity contribution in [2.45, 2.75) is 245 Å². The topological polar surface area (TPSA) is 117 Å². The molecule has 0 heterocycles. The van der Waals surface area contributed by atoms with Gasteiger partial charge in [0.1, 0.15) is 6.10 Å². The molecule has 0 bridgehead atoms. The molecule has 0 aromatic rings. The molecule has 0 aliphatic carbocycles. The maximum Gasteiger partial charge on any atom is 0.472 e. The third kappa shape index (κ3) is 47.6. The van der Waals surface area contributed by atoms with E-state index in [0.717, 1.165) is 38.5 Å². The molecule has 3 N–H and O–H groups in total. The van der Waals surface area contributed by atoms with E-state index in [-0.39, 0.29) is 32.3 Å². The SMILES string of the molecule is CCCCCCC/C=C\C/C=C\CCCCCCCCCCCC(=O)OC(COCCCCCCCCCC/C=C\CCCCCCCCC)COP(=O)(O)OCCN. The minimum atomic E-state index is -4.28. The van der Waals surface area contributed by atoms with Crippen molar-refractivity contribution in [2.75, 3.05) is 33.0 Å². The van der Waals surface area contributed by atoms with E-state index in [9.17, 15) is 14.3 Å². The molecule has 9 heteroatoms. The Bertz CT molecular complexity index is 1000. The molecule has 2 unspecified atom stereocenters. The summed E-state index contributed by atoms with van der Waals surface area (Å²) in [7, 11) is -4.28. The number of esters is 1. The summed E-state index contributed by atoms with van der Waals surface area (Å²) in [5.74, 6) is -0.333. The number of hydrogen-bond donors (Lipinski definition) is 2. The summed E-state index contributed by atoms with van der Waals surface area (Å²) >= 11 is 0. The van der Waals surface area contributed by atoms with Crippen molar-refractivity contribution < 1.29 is 32.8 Å². The Balaban J connectivity index is 3.96. The van der Waals surface area contributed by atoms with Gasteiger partial charge in [-0.25, -0.2) is 4.57 Å². The number of unbranched alkanes of at least 4 members (excludes halogenated alkanes) is 29. The third-order valence-electron chi connectivity index (χ3n) is 10.8. The van der Waals surface area contributed by atoms with Crippen molar-refractivity contribution in [1.29, 1.82) is 0 Å². The molecule has 0 aliphatic heterocycles. The molecule has 59 heavy (non-hydrogen) atoms. The zero-order valence-corrected chi connectivity index (χ0v) is 39.6. The molecule has 0 radical (unpaired) electrons. The van der Waals surface area contributed by atoms with Crippen LogP contribution >= 0.6 is 7.82 Å². The quantitative estimate of drug-likeness (QED) is 0.0269. The second-order valence-electron chi connectivity index (χ2n) is 16.7. The largest absolute Gasteiger partial charge is 0.472 e. The first-order chi connectivity index (χ1) is 28.9. The van der Waals surface area contributed by atoms with Crippen LogP contribution in [0.25, 0.3) is 0 Å². The molecular weight excluding hydrogens is 758 g/mol. The van der Waals surface area contributed by atoms with E-state index in [4.69, 9.17) is 24.3 Å². The highest BCUT2D eigenvalue weighted by molar-refractivity contribution is 7.47. The number of carbonyl (C=O) groups is 1. The lowest BCUT2D eigenvalue weighted by atomic mass is 10.1. The van der Waals surface area contributed by atoms with Gasteiger partial charge < -0.3 is 20.1 Å². The molecule has 0 spiro atoms. The van der Waals surface area contributed by atoms with Gasteiger partial charge in [0.05, 0.1) is 19.8 Å². The van der Waals surface area contributed by atoms with Crippen LogP contribution in [-0.2, 0) is 27.9 Å². The maximum absolute atomic E-state index is 12.6. The van der Waals surface area contributed by atoms with E-state index in [1.165, 1.54) is 180 Å². The van der Waals surface area contributed by atoms with Crippen LogP contribution in [0.3, 0.4) is 0 Å². The first-order valence-corrected chi connectivity index (χ1v) is 26.5. The summed E-state index contributed by atoms with van der Waals surface area (Å²) in [5.41, 5.74) is 5.39. The Morgan fingerprint density at radius 1 is 0.508 bits per heavy atom. The molecule has 0 aromatic heterocycles. The second-order valence-corrected chi connectivity index (χ2v) is 18.1. The molecule has 0 aliphatic rings. The zero-order valence-electron chi connectivity index (χ0n) is 38.7. The number of phosphoric acid groups is 1. The van der Waals surface area contributed by atoms with Crippen molar-refractivity contribution in [3.05, 3.63) is 36.5 Å². The zero-order chi connectivity index (χ0) is 43.0. The van der Waals surface area contributed by atoms with Gasteiger partial charge in [-0.1, -0.05) is 198 Å². The molecule has 0 aromatic carbocycles. The molecule has 0 saturated heterocycles. The van der Waals surface area contributed by atoms with Crippen molar-refractivity contribution in [3.8, 4) is 0 Å². The van der Waals surface area contributed by atoms with Gasteiger partial charge in [-0.15, -0.1) is 0 Å². The Morgan fingerprint density at radius 2 is 0.898 bits per heavy atom. The van der Waals surface area contributed by atoms with E-state index in [1.54, 1.807) is 0 Å². The van der Waals surface area contributed by atoms with Gasteiger partial charge in [-0.05, 0) is 70.6 Å². The molecular formula is C50H96NO7P. The highest BCUT2D eigenvalue weighted by Crippen LogP contribution is 2.43. The van der Waals surface area contributed by atoms with Crippen LogP contribution in [0, 0.1) is 0 Å². The molecule has 0 rings (SSSR count). The number of ether oxygens (including phenoxy) is 2. The van der Waals surface area contributed by atoms with Crippen molar-refractivity contribution >= 4 is 13.8 Å². The number of phosphoric ester groups is 1. The monoisotopic (exact) mass is 854 g/mol. The maximum atomic E-state index is 12.6. The summed E-state index contributed by atoms with van der Waals surface area (Å²) in [4.78, 5) is 22.6. The normalized spacial score (nSPS) is 13.6. The predicted octanol–water partition coefficient (Wildman–Crippen LogP) is 15.4. The van der Waals surface area contributed by atoms with Crippen LogP contribution in [-0.4, -0.2) is 49.9 Å². The van der Waals surface area contributed by atoms with Crippen LogP contribution < -0.4 is 5.73 Å². The van der Waals surface area contributed by atoms with Gasteiger partial charge in [0.2, 0.25) is 0 Å². The lowest BCUT2D eigenvalue weighted by molar-refractivity contribution is -0.154. The highest BCUT2D eigenvalue weighted by Gasteiger charge is 2.25. The molecule has 0 saturated carbocycles. The third-order valence-corrected chi connectivity index (χ3v) is 11.8. The number of rotatable bonds is 48. The summed E-state index contributed by atoms with van der Waals surface area (Å²) in [6.07, 6.45) is 56.0. The Labute approximate surface area is 365 Å². The van der Waals surface area contributed by atoms with Crippen LogP contribution in [0.4, 0.5) is 0 Å². The summed E-state index contributed by atoms with van der Waals surface area (Å²) < 4.78 is 33.6. The van der Waals surface area contributed by atoms with Gasteiger partial charge in [-0.2, -0.15) is 0 Å². The van der Waals surface area contributed by atoms with Crippen LogP contribution in [0.2, 0.25) is 0 Å². The van der Waals surface area contributed by atoms with Gasteiger partial charge in [0.25, 0.3) is 0 Å². The fraction of sp³-hybridized carbons (Fsp3) is 0.860. The molecule has 2 atom stereocenters. The molecule has 348 valence electrons. The first-order valence-electron chi connectivity index (χ1n) is 25.0. The number of allylic oxidation sites excluding steroid dienone is 6. The fourth-order valence-electron chi connectivity index (χ4n) is 7.08. The smallest absolute Gasteiger partial charge is 0.457 e. The van der Waals surface area contributed by atoms with E-state index in [1.807, 2.05) is 0 Å². The lowest BCUT2D eigenvalue weighted by Crippen LogP contribution is -2.28. The minimum Gasteiger partial charge on any atom is -0.457 e. The number of hydrogen-bond acceptors (Lipinski definition) is 7. The standard InChI is InChI=1S/C50H96NO7P/c1-3-5-7-9-11-13-15-17-19-21-23-24-25-27-29-31-33-35-37-39-41-43-50(52)58-49(48-57-59(53,54)56-46-44-51)47-55-45-42-40-38-36-34-32-30-28-26-22-20-18-16-14-12-10-8-6-4-2/h15,17,20-23,49H,3-14,16,18-19,24-48,51H2,1-2H3,(H,53,54)/b17-15-,22-20-,23-21-. The number of carbonyl (C=O) groups excluding carboxylic acids is 1. The van der Waals surface area contributed by atoms with Crippen LogP contribution in [0.1, 0.15) is 239 Å². The lowest BCUT2D eigenvalue weighted by Gasteiger charge is -2.20. The van der Waals surface area contributed by atoms with Crippen molar-refractivity contribution in [2.24, 2.45) is 5.73 Å². The average molecular weight is 854 g/mol. The van der Waals surface area contributed by atoms with E-state index in [2.05, 4.69) is 50.3 Å². The van der Waals surface area contributed by atoms with E-state index >= 15 is 0 Å². The Morgan fingerprint density at radius 3 is 1.34 bits per heavy atom. The Kier molecular flexibility index (Phi) is 46.7. The fourth-order valence-corrected chi connectivity index (χ4v) is 7.85. The van der Waals surface area contributed by atoms with Crippen LogP contribution in [0.5, 0.6) is 0 Å². The van der Waals surface area contributed by atoms with Gasteiger partial charge in [0.15, 0.2) is 0 Å². The van der Waals surface area contributed by atoms with Crippen molar-refractivity contribution in [1.82, 2.24) is 0 Å². The molecule has 8 nitrogen and oxygen atoms in total. The first kappa shape index (κ1) is 57.7. The summed E-state index contributed by atoms with van der Waals surface area (Å²) in [5, 5.41) is 0. The van der Waals surface area contributed by atoms with E-state index < -0.39 is 13.9 Å². The van der Waals surface area contributed by atoms with Gasteiger partial charge >= 0.3 is 13.8 Å². The van der Waals surface area contributed by atoms with Crippen LogP contribution in [0.15, 0.2) is 36.5 Å². The van der Waals surface area contributed by atoms with Gasteiger partial charge in [-0.3, -0.25) is 13.8 Å². The molecule has 0 amide bonds. The van der Waals surface area contributed by atoms with E-state index in [0.29, 0.717) is 13.0 Å². The summed E-state index contributed by atoms with van der Waals surface area (Å²) in [6.45, 7) is 4.93. The summed E-state index contributed by atoms with van der Waals surface area (Å²) in [6, 6.07) is 0. The second kappa shape index (κ2) is 47.8. The van der Waals surface area contributed by atoms with Crippen molar-refractivity contribution in [3.63, 3.8) is 0 Å².